The normalized spacial score (nSPS) is 22.1. The van der Waals surface area contributed by atoms with Gasteiger partial charge in [0.1, 0.15) is 24.4 Å². The fourth-order valence-corrected chi connectivity index (χ4v) is 4.34. The Morgan fingerprint density at radius 2 is 1.26 bits per heavy atom. The van der Waals surface area contributed by atoms with E-state index in [4.69, 9.17) is 14.6 Å². The second kappa shape index (κ2) is 20.2. The van der Waals surface area contributed by atoms with Crippen LogP contribution in [0.25, 0.3) is 0 Å². The molecular weight excluding hydrogens is 392 g/mol. The minimum atomic E-state index is -1.00. The first-order valence-electron chi connectivity index (χ1n) is 13.0. The lowest BCUT2D eigenvalue weighted by atomic mass is 10.0. The Hall–Kier alpha value is -0.460. The topological polar surface area (TPSA) is 79.2 Å². The SMILES string of the molecule is C=CCCCCCCCCCCCCCCCCCCO[C@@H]1[C@H]([C@H](O)CO)OC[C@@H]1O. The quantitative estimate of drug-likeness (QED) is 0.157. The molecule has 1 heterocycles. The minimum Gasteiger partial charge on any atom is -0.394 e. The van der Waals surface area contributed by atoms with Crippen LogP contribution in [0.1, 0.15) is 109 Å². The fraction of sp³-hybridized carbons (Fsp3) is 0.923. The van der Waals surface area contributed by atoms with Gasteiger partial charge in [-0.25, -0.2) is 0 Å². The molecule has 0 aromatic rings. The lowest BCUT2D eigenvalue weighted by molar-refractivity contribution is -0.0938. The summed E-state index contributed by atoms with van der Waals surface area (Å²) in [7, 11) is 0. The summed E-state index contributed by atoms with van der Waals surface area (Å²) in [6, 6.07) is 0. The van der Waals surface area contributed by atoms with Gasteiger partial charge in [-0.05, 0) is 19.3 Å². The third kappa shape index (κ3) is 14.3. The average molecular weight is 443 g/mol. The molecule has 0 aromatic carbocycles. The minimum absolute atomic E-state index is 0.156. The van der Waals surface area contributed by atoms with Crippen LogP contribution in [-0.4, -0.2) is 59.6 Å². The first-order valence-corrected chi connectivity index (χ1v) is 13.0. The van der Waals surface area contributed by atoms with Crippen LogP contribution in [0.4, 0.5) is 0 Å². The molecule has 1 fully saturated rings. The number of unbranched alkanes of at least 4 members (excludes halogenated alkanes) is 16. The van der Waals surface area contributed by atoms with Crippen molar-refractivity contribution in [3.8, 4) is 0 Å². The van der Waals surface area contributed by atoms with Crippen LogP contribution in [0, 0.1) is 0 Å². The van der Waals surface area contributed by atoms with E-state index in [1.54, 1.807) is 0 Å². The zero-order valence-corrected chi connectivity index (χ0v) is 19.9. The van der Waals surface area contributed by atoms with E-state index in [-0.39, 0.29) is 13.2 Å². The van der Waals surface area contributed by atoms with Crippen molar-refractivity contribution >= 4 is 0 Å². The third-order valence-corrected chi connectivity index (χ3v) is 6.34. The van der Waals surface area contributed by atoms with Crippen molar-refractivity contribution in [3.05, 3.63) is 12.7 Å². The van der Waals surface area contributed by atoms with Crippen molar-refractivity contribution in [1.82, 2.24) is 0 Å². The molecule has 31 heavy (non-hydrogen) atoms. The average Bonchev–Trinajstić information content (AvgIpc) is 3.15. The molecule has 0 spiro atoms. The highest BCUT2D eigenvalue weighted by Crippen LogP contribution is 2.21. The van der Waals surface area contributed by atoms with Crippen LogP contribution < -0.4 is 0 Å². The molecular formula is C26H50O5. The lowest BCUT2D eigenvalue weighted by Gasteiger charge is -2.23. The maximum absolute atomic E-state index is 9.91. The van der Waals surface area contributed by atoms with Gasteiger partial charge in [0.15, 0.2) is 0 Å². The van der Waals surface area contributed by atoms with Gasteiger partial charge in [0.25, 0.3) is 0 Å². The molecule has 1 saturated heterocycles. The van der Waals surface area contributed by atoms with E-state index in [1.165, 1.54) is 96.3 Å². The van der Waals surface area contributed by atoms with E-state index >= 15 is 0 Å². The Labute approximate surface area is 191 Å². The molecule has 184 valence electrons. The molecule has 1 aliphatic heterocycles. The maximum atomic E-state index is 9.91. The molecule has 5 nitrogen and oxygen atoms in total. The summed E-state index contributed by atoms with van der Waals surface area (Å²) in [5, 5.41) is 28.7. The van der Waals surface area contributed by atoms with Crippen molar-refractivity contribution in [2.45, 2.75) is 134 Å². The van der Waals surface area contributed by atoms with Gasteiger partial charge >= 0.3 is 0 Å². The van der Waals surface area contributed by atoms with Crippen LogP contribution in [0.2, 0.25) is 0 Å². The van der Waals surface area contributed by atoms with Gasteiger partial charge < -0.3 is 24.8 Å². The summed E-state index contributed by atoms with van der Waals surface area (Å²) < 4.78 is 11.1. The predicted octanol–water partition coefficient (Wildman–Crippen LogP) is 5.30. The summed E-state index contributed by atoms with van der Waals surface area (Å²) in [6.07, 6.45) is 21.5. The Balaban J connectivity index is 1.79. The highest BCUT2D eigenvalue weighted by Gasteiger charge is 2.40. The molecule has 0 aliphatic carbocycles. The van der Waals surface area contributed by atoms with Crippen LogP contribution >= 0.6 is 0 Å². The second-order valence-electron chi connectivity index (χ2n) is 9.18. The number of aliphatic hydroxyl groups is 3. The largest absolute Gasteiger partial charge is 0.394 e. The first-order chi connectivity index (χ1) is 15.2. The monoisotopic (exact) mass is 442 g/mol. The summed E-state index contributed by atoms with van der Waals surface area (Å²) in [6.45, 7) is 4.11. The van der Waals surface area contributed by atoms with Crippen molar-refractivity contribution in [3.63, 3.8) is 0 Å². The molecule has 5 heteroatoms. The summed E-state index contributed by atoms with van der Waals surface area (Å²) in [5.74, 6) is 0. The van der Waals surface area contributed by atoms with Crippen LogP contribution in [0.3, 0.4) is 0 Å². The van der Waals surface area contributed by atoms with Crippen molar-refractivity contribution in [2.24, 2.45) is 0 Å². The number of rotatable bonds is 22. The highest BCUT2D eigenvalue weighted by molar-refractivity contribution is 4.89. The van der Waals surface area contributed by atoms with E-state index in [0.29, 0.717) is 6.61 Å². The molecule has 1 rings (SSSR count). The Morgan fingerprint density at radius 1 is 0.806 bits per heavy atom. The van der Waals surface area contributed by atoms with Crippen molar-refractivity contribution in [1.29, 1.82) is 0 Å². The summed E-state index contributed by atoms with van der Waals surface area (Å²) in [4.78, 5) is 0. The molecule has 4 atom stereocenters. The van der Waals surface area contributed by atoms with Gasteiger partial charge in [0.05, 0.1) is 13.2 Å². The number of hydrogen-bond acceptors (Lipinski definition) is 5. The van der Waals surface area contributed by atoms with Gasteiger partial charge in [0.2, 0.25) is 0 Å². The van der Waals surface area contributed by atoms with E-state index in [0.717, 1.165) is 12.8 Å². The van der Waals surface area contributed by atoms with Gasteiger partial charge in [-0.15, -0.1) is 6.58 Å². The molecule has 0 amide bonds. The van der Waals surface area contributed by atoms with Gasteiger partial charge in [-0.1, -0.05) is 96.0 Å². The molecule has 1 aliphatic rings. The Bertz CT molecular complexity index is 403. The Kier molecular flexibility index (Phi) is 18.6. The van der Waals surface area contributed by atoms with Crippen LogP contribution in [0.15, 0.2) is 12.7 Å². The van der Waals surface area contributed by atoms with Crippen molar-refractivity contribution in [2.75, 3.05) is 19.8 Å². The van der Waals surface area contributed by atoms with Gasteiger partial charge in [-0.2, -0.15) is 0 Å². The summed E-state index contributed by atoms with van der Waals surface area (Å²) in [5.41, 5.74) is 0. The van der Waals surface area contributed by atoms with Gasteiger partial charge in [-0.3, -0.25) is 0 Å². The maximum Gasteiger partial charge on any atom is 0.114 e. The molecule has 3 N–H and O–H groups in total. The molecule has 0 radical (unpaired) electrons. The van der Waals surface area contributed by atoms with E-state index < -0.39 is 24.4 Å². The van der Waals surface area contributed by atoms with E-state index in [9.17, 15) is 10.2 Å². The summed E-state index contributed by atoms with van der Waals surface area (Å²) >= 11 is 0. The van der Waals surface area contributed by atoms with E-state index in [1.807, 2.05) is 6.08 Å². The molecule has 0 aromatic heterocycles. The molecule has 0 unspecified atom stereocenters. The number of aliphatic hydroxyl groups excluding tert-OH is 3. The fourth-order valence-electron chi connectivity index (χ4n) is 4.34. The second-order valence-corrected chi connectivity index (χ2v) is 9.18. The van der Waals surface area contributed by atoms with E-state index in [2.05, 4.69) is 6.58 Å². The number of allylic oxidation sites excluding steroid dienone is 1. The van der Waals surface area contributed by atoms with Crippen LogP contribution in [0.5, 0.6) is 0 Å². The zero-order chi connectivity index (χ0) is 22.6. The molecule has 0 saturated carbocycles. The lowest BCUT2D eigenvalue weighted by Crippen LogP contribution is -2.42. The first kappa shape index (κ1) is 28.6. The van der Waals surface area contributed by atoms with Crippen molar-refractivity contribution < 1.29 is 24.8 Å². The third-order valence-electron chi connectivity index (χ3n) is 6.34. The zero-order valence-electron chi connectivity index (χ0n) is 19.9. The predicted molar refractivity (Wildman–Crippen MR) is 127 cm³/mol. The number of hydrogen-bond donors (Lipinski definition) is 3. The highest BCUT2D eigenvalue weighted by atomic mass is 16.6. The number of ether oxygens (including phenoxy) is 2. The van der Waals surface area contributed by atoms with Crippen LogP contribution in [-0.2, 0) is 9.47 Å². The Morgan fingerprint density at radius 3 is 1.71 bits per heavy atom. The standard InChI is InChI=1S/C26H50O5/c1-2-3-4-5-6-7-8-9-10-11-12-13-14-15-16-17-18-19-20-30-26-24(29)22-31-25(26)23(28)21-27/h2,23-29H,1,3-22H2/t23-,24+,25+,26+/m1/s1. The smallest absolute Gasteiger partial charge is 0.114 e. The molecule has 0 bridgehead atoms. The van der Waals surface area contributed by atoms with Gasteiger partial charge in [0, 0.05) is 6.61 Å².